The van der Waals surface area contributed by atoms with E-state index in [1.165, 1.54) is 12.8 Å². The molecule has 1 aromatic rings. The highest BCUT2D eigenvalue weighted by molar-refractivity contribution is 5.91. The fourth-order valence-corrected chi connectivity index (χ4v) is 2.47. The zero-order valence-corrected chi connectivity index (χ0v) is 11.7. The van der Waals surface area contributed by atoms with Gasteiger partial charge in [0.1, 0.15) is 5.75 Å². The highest BCUT2D eigenvalue weighted by Gasteiger charge is 2.20. The monoisotopic (exact) mass is 262 g/mol. The molecule has 4 heteroatoms. The van der Waals surface area contributed by atoms with Gasteiger partial charge in [-0.05, 0) is 57.1 Å². The highest BCUT2D eigenvalue weighted by atomic mass is 16.5. The van der Waals surface area contributed by atoms with Crippen LogP contribution in [0, 0.1) is 0 Å². The number of hydrogen-bond acceptors (Lipinski definition) is 3. The summed E-state index contributed by atoms with van der Waals surface area (Å²) < 4.78 is 5.09. The minimum atomic E-state index is 0.0737. The zero-order valence-electron chi connectivity index (χ0n) is 11.7. The number of likely N-dealkylation sites (tertiary alicyclic amines) is 1. The number of carbonyl (C=O) groups excluding carboxylic acids is 1. The van der Waals surface area contributed by atoms with Gasteiger partial charge in [0.2, 0.25) is 5.91 Å². The van der Waals surface area contributed by atoms with E-state index in [1.807, 2.05) is 24.3 Å². The van der Waals surface area contributed by atoms with Crippen LogP contribution < -0.4 is 10.1 Å². The van der Waals surface area contributed by atoms with Gasteiger partial charge in [-0.3, -0.25) is 4.79 Å². The van der Waals surface area contributed by atoms with Crippen molar-refractivity contribution in [3.63, 3.8) is 0 Å². The van der Waals surface area contributed by atoms with Crippen LogP contribution in [0.1, 0.15) is 26.2 Å². The number of ether oxygens (including phenoxy) is 1. The van der Waals surface area contributed by atoms with Crippen LogP contribution in [-0.4, -0.2) is 37.0 Å². The number of nitrogens with one attached hydrogen (secondary N) is 1. The smallest absolute Gasteiger partial charge is 0.225 e. The molecule has 2 rings (SSSR count). The number of methoxy groups -OCH3 is 1. The first-order valence-corrected chi connectivity index (χ1v) is 6.87. The van der Waals surface area contributed by atoms with Crippen molar-refractivity contribution in [2.24, 2.45) is 0 Å². The van der Waals surface area contributed by atoms with Crippen LogP contribution in [0.2, 0.25) is 0 Å². The molecule has 1 saturated heterocycles. The second-order valence-electron chi connectivity index (χ2n) is 5.07. The van der Waals surface area contributed by atoms with Crippen LogP contribution >= 0.6 is 0 Å². The first-order valence-electron chi connectivity index (χ1n) is 6.87. The summed E-state index contributed by atoms with van der Waals surface area (Å²) in [6.45, 7) is 4.37. The molecule has 1 fully saturated rings. The fraction of sp³-hybridized carbons (Fsp3) is 0.533. The Morgan fingerprint density at radius 3 is 2.53 bits per heavy atom. The Balaban J connectivity index is 1.82. The Morgan fingerprint density at radius 2 is 1.95 bits per heavy atom. The number of nitrogens with zero attached hydrogens (tertiary/aromatic N) is 1. The maximum atomic E-state index is 12.0. The van der Waals surface area contributed by atoms with Crippen molar-refractivity contribution in [3.8, 4) is 5.75 Å². The molecule has 0 saturated carbocycles. The van der Waals surface area contributed by atoms with Gasteiger partial charge in [-0.15, -0.1) is 0 Å². The number of rotatable bonds is 5. The molecule has 104 valence electrons. The van der Waals surface area contributed by atoms with Crippen molar-refractivity contribution in [1.29, 1.82) is 0 Å². The SMILES string of the molecule is COc1ccc(NC(=O)CC(C)N2CCCC2)cc1. The number of hydrogen-bond donors (Lipinski definition) is 1. The topological polar surface area (TPSA) is 41.6 Å². The third-order valence-corrected chi connectivity index (χ3v) is 3.62. The summed E-state index contributed by atoms with van der Waals surface area (Å²) in [4.78, 5) is 14.3. The summed E-state index contributed by atoms with van der Waals surface area (Å²) >= 11 is 0. The Bertz CT molecular complexity index is 411. The molecular formula is C15H22N2O2. The highest BCUT2D eigenvalue weighted by Crippen LogP contribution is 2.17. The largest absolute Gasteiger partial charge is 0.497 e. The third-order valence-electron chi connectivity index (χ3n) is 3.62. The van der Waals surface area contributed by atoms with Gasteiger partial charge in [-0.2, -0.15) is 0 Å². The molecule has 0 bridgehead atoms. The van der Waals surface area contributed by atoms with Gasteiger partial charge in [-0.25, -0.2) is 0 Å². The maximum Gasteiger partial charge on any atom is 0.225 e. The van der Waals surface area contributed by atoms with Gasteiger partial charge in [0.05, 0.1) is 7.11 Å². The Kier molecular flexibility index (Phi) is 4.80. The van der Waals surface area contributed by atoms with E-state index in [-0.39, 0.29) is 5.91 Å². The van der Waals surface area contributed by atoms with Crippen LogP contribution in [0.3, 0.4) is 0 Å². The molecule has 19 heavy (non-hydrogen) atoms. The summed E-state index contributed by atoms with van der Waals surface area (Å²) in [6, 6.07) is 7.73. The molecule has 1 aliphatic rings. The van der Waals surface area contributed by atoms with E-state index >= 15 is 0 Å². The minimum Gasteiger partial charge on any atom is -0.497 e. The second-order valence-corrected chi connectivity index (χ2v) is 5.07. The number of amides is 1. The molecule has 1 heterocycles. The normalized spacial score (nSPS) is 17.2. The van der Waals surface area contributed by atoms with Crippen molar-refractivity contribution in [3.05, 3.63) is 24.3 Å². The summed E-state index contributed by atoms with van der Waals surface area (Å²) in [5.74, 6) is 0.869. The van der Waals surface area contributed by atoms with Gasteiger partial charge >= 0.3 is 0 Å². The standard InChI is InChI=1S/C15H22N2O2/c1-12(17-9-3-4-10-17)11-15(18)16-13-5-7-14(19-2)8-6-13/h5-8,12H,3-4,9-11H2,1-2H3,(H,16,18). The second kappa shape index (κ2) is 6.57. The fourth-order valence-electron chi connectivity index (χ4n) is 2.47. The van der Waals surface area contributed by atoms with Gasteiger partial charge in [-0.1, -0.05) is 0 Å². The van der Waals surface area contributed by atoms with E-state index in [1.54, 1.807) is 7.11 Å². The number of benzene rings is 1. The molecule has 0 aliphatic carbocycles. The van der Waals surface area contributed by atoms with Crippen molar-refractivity contribution in [1.82, 2.24) is 4.90 Å². The molecule has 0 aromatic heterocycles. The molecule has 0 spiro atoms. The quantitative estimate of drug-likeness (QED) is 0.886. The first kappa shape index (κ1) is 13.9. The minimum absolute atomic E-state index is 0.0737. The molecule has 1 atom stereocenters. The Hall–Kier alpha value is -1.55. The van der Waals surface area contributed by atoms with Gasteiger partial charge in [0.15, 0.2) is 0 Å². The molecular weight excluding hydrogens is 240 g/mol. The van der Waals surface area contributed by atoms with E-state index in [2.05, 4.69) is 17.1 Å². The predicted octanol–water partition coefficient (Wildman–Crippen LogP) is 2.51. The molecule has 4 nitrogen and oxygen atoms in total. The summed E-state index contributed by atoms with van der Waals surface area (Å²) in [5.41, 5.74) is 0.819. The Morgan fingerprint density at radius 1 is 1.32 bits per heavy atom. The molecule has 1 amide bonds. The van der Waals surface area contributed by atoms with Crippen LogP contribution in [0.25, 0.3) is 0 Å². The van der Waals surface area contributed by atoms with Crippen molar-refractivity contribution >= 4 is 11.6 Å². The van der Waals surface area contributed by atoms with E-state index < -0.39 is 0 Å². The van der Waals surface area contributed by atoms with Gasteiger partial charge in [0.25, 0.3) is 0 Å². The lowest BCUT2D eigenvalue weighted by atomic mass is 10.2. The zero-order chi connectivity index (χ0) is 13.7. The van der Waals surface area contributed by atoms with E-state index in [0.29, 0.717) is 12.5 Å². The molecule has 1 aromatic carbocycles. The summed E-state index contributed by atoms with van der Waals surface area (Å²) in [7, 11) is 1.63. The molecule has 1 N–H and O–H groups in total. The number of carbonyl (C=O) groups is 1. The summed E-state index contributed by atoms with van der Waals surface area (Å²) in [6.07, 6.45) is 3.06. The van der Waals surface area contributed by atoms with E-state index in [9.17, 15) is 4.79 Å². The molecule has 1 aliphatic heterocycles. The average molecular weight is 262 g/mol. The molecule has 0 radical (unpaired) electrons. The lowest BCUT2D eigenvalue weighted by molar-refractivity contribution is -0.117. The van der Waals surface area contributed by atoms with Crippen LogP contribution in [0.15, 0.2) is 24.3 Å². The van der Waals surface area contributed by atoms with Crippen LogP contribution in [-0.2, 0) is 4.79 Å². The van der Waals surface area contributed by atoms with Crippen LogP contribution in [0.4, 0.5) is 5.69 Å². The van der Waals surface area contributed by atoms with E-state index in [4.69, 9.17) is 4.74 Å². The number of anilines is 1. The van der Waals surface area contributed by atoms with Gasteiger partial charge in [0, 0.05) is 18.2 Å². The third kappa shape index (κ3) is 3.96. The lowest BCUT2D eigenvalue weighted by Gasteiger charge is -2.23. The van der Waals surface area contributed by atoms with Crippen LogP contribution in [0.5, 0.6) is 5.75 Å². The van der Waals surface area contributed by atoms with Crippen molar-refractivity contribution in [2.75, 3.05) is 25.5 Å². The van der Waals surface area contributed by atoms with Crippen molar-refractivity contribution < 1.29 is 9.53 Å². The van der Waals surface area contributed by atoms with Gasteiger partial charge < -0.3 is 15.0 Å². The Labute approximate surface area is 114 Å². The average Bonchev–Trinajstić information content (AvgIpc) is 2.93. The van der Waals surface area contributed by atoms with E-state index in [0.717, 1.165) is 24.5 Å². The van der Waals surface area contributed by atoms with Crippen molar-refractivity contribution in [2.45, 2.75) is 32.2 Å². The molecule has 1 unspecified atom stereocenters. The lowest BCUT2D eigenvalue weighted by Crippen LogP contribution is -2.33. The predicted molar refractivity (Wildman–Crippen MR) is 76.5 cm³/mol. The summed E-state index contributed by atoms with van der Waals surface area (Å²) in [5, 5.41) is 2.93. The first-order chi connectivity index (χ1) is 9.19. The maximum absolute atomic E-state index is 12.0.